The fourth-order valence-corrected chi connectivity index (χ4v) is 8.58. The largest absolute Gasteiger partial charge is 0.453 e. The summed E-state index contributed by atoms with van der Waals surface area (Å²) in [4.78, 5) is 25.8. The highest BCUT2D eigenvalue weighted by atomic mass is 35.5. The van der Waals surface area contributed by atoms with E-state index in [0.29, 0.717) is 31.5 Å². The molecule has 0 saturated heterocycles. The van der Waals surface area contributed by atoms with Gasteiger partial charge >= 0.3 is 6.09 Å². The summed E-state index contributed by atoms with van der Waals surface area (Å²) >= 11 is 6.28. The molecular formula is C25H26ClF3N2O5S. The summed E-state index contributed by atoms with van der Waals surface area (Å²) in [7, 11) is -0.990. The Kier molecular flexibility index (Phi) is 7.75. The zero-order chi connectivity index (χ0) is 27.1. The molecule has 12 heteroatoms. The number of amides is 2. The standard InChI is InChI=1S/C25H26ClF3N2O5S/c1-31(25(33)36-2)12-13-7-14-3-4-15(8-13)23(14)37(34,35)21-9-16(5-6-18(21)26)24(32)30-17-10-19(27)22(29)20(28)11-17/h5-6,9-11,13-15,23H,3-4,7-8,12H2,1-2H3,(H,30,32)/t13-,14-,15?,23+/m0/s1. The maximum atomic E-state index is 13.8. The van der Waals surface area contributed by atoms with Crippen molar-refractivity contribution in [3.8, 4) is 0 Å². The number of carbonyl (C=O) groups excluding carboxylic acids is 2. The van der Waals surface area contributed by atoms with Crippen molar-refractivity contribution < 1.29 is 35.9 Å². The van der Waals surface area contributed by atoms with Gasteiger partial charge in [0, 0.05) is 37.0 Å². The molecule has 4 rings (SSSR count). The predicted octanol–water partition coefficient (Wildman–Crippen LogP) is 5.29. The van der Waals surface area contributed by atoms with E-state index >= 15 is 0 Å². The number of anilines is 1. The Balaban J connectivity index is 1.55. The molecule has 1 unspecified atom stereocenters. The lowest BCUT2D eigenvalue weighted by molar-refractivity contribution is 0.102. The molecule has 0 spiro atoms. The summed E-state index contributed by atoms with van der Waals surface area (Å²) in [5.41, 5.74) is -0.414. The predicted molar refractivity (Wildman–Crippen MR) is 131 cm³/mol. The van der Waals surface area contributed by atoms with Crippen LogP contribution in [0.25, 0.3) is 0 Å². The molecule has 2 amide bonds. The molecule has 2 aliphatic rings. The minimum absolute atomic E-state index is 0.0395. The molecule has 2 aromatic carbocycles. The van der Waals surface area contributed by atoms with Crippen molar-refractivity contribution in [2.24, 2.45) is 17.8 Å². The average Bonchev–Trinajstić information content (AvgIpc) is 3.13. The number of nitrogens with zero attached hydrogens (tertiary/aromatic N) is 1. The number of ether oxygens (including phenoxy) is 1. The first-order chi connectivity index (χ1) is 17.4. The maximum Gasteiger partial charge on any atom is 0.409 e. The molecule has 2 aromatic rings. The van der Waals surface area contributed by atoms with E-state index < -0.39 is 44.5 Å². The Morgan fingerprint density at radius 3 is 2.24 bits per heavy atom. The van der Waals surface area contributed by atoms with Crippen LogP contribution in [0.15, 0.2) is 35.2 Å². The maximum absolute atomic E-state index is 13.8. The molecule has 1 N–H and O–H groups in total. The first-order valence-electron chi connectivity index (χ1n) is 11.7. The van der Waals surface area contributed by atoms with Crippen LogP contribution in [-0.2, 0) is 14.6 Å². The molecule has 2 saturated carbocycles. The third-order valence-electron chi connectivity index (χ3n) is 7.23. The van der Waals surface area contributed by atoms with Crippen LogP contribution in [0.3, 0.4) is 0 Å². The van der Waals surface area contributed by atoms with E-state index in [1.54, 1.807) is 7.05 Å². The molecule has 0 aromatic heterocycles. The number of hydrogen-bond acceptors (Lipinski definition) is 5. The number of benzene rings is 2. The van der Waals surface area contributed by atoms with Crippen LogP contribution in [0.5, 0.6) is 0 Å². The monoisotopic (exact) mass is 558 g/mol. The summed E-state index contributed by atoms with van der Waals surface area (Å²) in [5.74, 6) is -5.57. The highest BCUT2D eigenvalue weighted by molar-refractivity contribution is 7.92. The van der Waals surface area contributed by atoms with E-state index in [1.807, 2.05) is 0 Å². The summed E-state index contributed by atoms with van der Waals surface area (Å²) < 4.78 is 72.5. The lowest BCUT2D eigenvalue weighted by Crippen LogP contribution is -2.41. The SMILES string of the molecule is COC(=O)N(C)C[C@@H]1CC2CC[C@@H](C1)[C@H]2S(=O)(=O)c1cc(C(=O)Nc2cc(F)c(F)c(F)c2)ccc1Cl. The van der Waals surface area contributed by atoms with E-state index in [1.165, 1.54) is 24.1 Å². The van der Waals surface area contributed by atoms with E-state index in [-0.39, 0.29) is 38.9 Å². The highest BCUT2D eigenvalue weighted by Crippen LogP contribution is 2.50. The molecule has 0 aliphatic heterocycles. The lowest BCUT2D eigenvalue weighted by Gasteiger charge is -2.36. The van der Waals surface area contributed by atoms with Gasteiger partial charge in [-0.1, -0.05) is 11.6 Å². The van der Waals surface area contributed by atoms with Gasteiger partial charge < -0.3 is 15.0 Å². The molecule has 37 heavy (non-hydrogen) atoms. The smallest absolute Gasteiger partial charge is 0.409 e. The van der Waals surface area contributed by atoms with Crippen LogP contribution in [-0.4, -0.2) is 51.3 Å². The topological polar surface area (TPSA) is 92.8 Å². The molecule has 4 atom stereocenters. The summed E-state index contributed by atoms with van der Waals surface area (Å²) in [6.45, 7) is 0.466. The first-order valence-corrected chi connectivity index (χ1v) is 13.6. The number of hydrogen-bond donors (Lipinski definition) is 1. The molecule has 2 aliphatic carbocycles. The van der Waals surface area contributed by atoms with Crippen molar-refractivity contribution in [3.05, 3.63) is 58.4 Å². The Bertz CT molecular complexity index is 1300. The molecule has 2 fully saturated rings. The van der Waals surface area contributed by atoms with Crippen LogP contribution in [0.4, 0.5) is 23.7 Å². The Hall–Kier alpha value is -2.79. The second-order valence-corrected chi connectivity index (χ2v) is 12.1. The molecule has 0 radical (unpaired) electrons. The van der Waals surface area contributed by atoms with Crippen molar-refractivity contribution in [3.63, 3.8) is 0 Å². The molecule has 0 heterocycles. The Morgan fingerprint density at radius 1 is 1.08 bits per heavy atom. The van der Waals surface area contributed by atoms with E-state index in [0.717, 1.165) is 18.9 Å². The van der Waals surface area contributed by atoms with Crippen molar-refractivity contribution in [1.82, 2.24) is 4.90 Å². The van der Waals surface area contributed by atoms with Gasteiger partial charge in [-0.05, 0) is 61.6 Å². The van der Waals surface area contributed by atoms with Crippen molar-refractivity contribution in [1.29, 1.82) is 0 Å². The molecule has 200 valence electrons. The van der Waals surface area contributed by atoms with E-state index in [4.69, 9.17) is 16.3 Å². The number of nitrogens with one attached hydrogen (secondary N) is 1. The Labute approximate surface area is 217 Å². The highest BCUT2D eigenvalue weighted by Gasteiger charge is 2.50. The number of methoxy groups -OCH3 is 1. The second kappa shape index (κ2) is 10.5. The number of carbonyl (C=O) groups is 2. The number of halogens is 4. The molecule has 2 bridgehead atoms. The van der Waals surface area contributed by atoms with Gasteiger partial charge in [-0.15, -0.1) is 0 Å². The van der Waals surface area contributed by atoms with Gasteiger partial charge in [0.2, 0.25) is 0 Å². The van der Waals surface area contributed by atoms with Gasteiger partial charge in [0.15, 0.2) is 27.3 Å². The fraction of sp³-hybridized carbons (Fsp3) is 0.440. The summed E-state index contributed by atoms with van der Waals surface area (Å²) in [6, 6.07) is 4.98. The summed E-state index contributed by atoms with van der Waals surface area (Å²) in [5, 5.41) is 1.53. The minimum Gasteiger partial charge on any atom is -0.453 e. The van der Waals surface area contributed by atoms with Crippen molar-refractivity contribution >= 4 is 39.1 Å². The Morgan fingerprint density at radius 2 is 1.68 bits per heavy atom. The van der Waals surface area contributed by atoms with Crippen LogP contribution < -0.4 is 5.32 Å². The number of rotatable bonds is 6. The third kappa shape index (κ3) is 5.43. The van der Waals surface area contributed by atoms with Gasteiger partial charge in [0.25, 0.3) is 5.91 Å². The van der Waals surface area contributed by atoms with Gasteiger partial charge in [0.05, 0.1) is 22.3 Å². The summed E-state index contributed by atoms with van der Waals surface area (Å²) in [6.07, 6.45) is 2.26. The van der Waals surface area contributed by atoms with Gasteiger partial charge in [-0.2, -0.15) is 0 Å². The average molecular weight is 559 g/mol. The zero-order valence-electron chi connectivity index (χ0n) is 20.1. The normalized spacial score (nSPS) is 23.0. The molecular weight excluding hydrogens is 533 g/mol. The lowest BCUT2D eigenvalue weighted by atomic mass is 9.80. The first kappa shape index (κ1) is 27.3. The molecule has 7 nitrogen and oxygen atoms in total. The van der Waals surface area contributed by atoms with Crippen LogP contribution >= 0.6 is 11.6 Å². The zero-order valence-corrected chi connectivity index (χ0v) is 21.7. The second-order valence-electron chi connectivity index (χ2n) is 9.65. The number of sulfone groups is 1. The van der Waals surface area contributed by atoms with Crippen molar-refractivity contribution in [2.75, 3.05) is 26.0 Å². The minimum atomic E-state index is -3.94. The van der Waals surface area contributed by atoms with E-state index in [9.17, 15) is 31.2 Å². The van der Waals surface area contributed by atoms with Gasteiger partial charge in [-0.25, -0.2) is 26.4 Å². The third-order valence-corrected chi connectivity index (χ3v) is 10.1. The van der Waals surface area contributed by atoms with Gasteiger partial charge in [0.1, 0.15) is 0 Å². The fourth-order valence-electron chi connectivity index (χ4n) is 5.71. The van der Waals surface area contributed by atoms with Crippen LogP contribution in [0, 0.1) is 35.2 Å². The van der Waals surface area contributed by atoms with Crippen LogP contribution in [0.1, 0.15) is 36.0 Å². The number of fused-ring (bicyclic) bond motifs is 2. The van der Waals surface area contributed by atoms with Gasteiger partial charge in [-0.3, -0.25) is 4.79 Å². The van der Waals surface area contributed by atoms with Crippen molar-refractivity contribution in [2.45, 2.75) is 35.8 Å². The van der Waals surface area contributed by atoms with Crippen LogP contribution in [0.2, 0.25) is 5.02 Å². The van der Waals surface area contributed by atoms with E-state index in [2.05, 4.69) is 5.32 Å². The quantitative estimate of drug-likeness (QED) is 0.487.